The van der Waals surface area contributed by atoms with E-state index in [0.29, 0.717) is 42.3 Å². The molecule has 2 saturated carbocycles. The van der Waals surface area contributed by atoms with E-state index < -0.39 is 0 Å². The number of hydrogen-bond acceptors (Lipinski definition) is 8. The molecule has 0 saturated heterocycles. The lowest BCUT2D eigenvalue weighted by Crippen LogP contribution is -2.50. The van der Waals surface area contributed by atoms with E-state index in [2.05, 4.69) is 56.9 Å². The topological polar surface area (TPSA) is 73.8 Å². The van der Waals surface area contributed by atoms with Gasteiger partial charge in [0.2, 0.25) is 0 Å². The van der Waals surface area contributed by atoms with Crippen molar-refractivity contribution in [2.45, 2.75) is 265 Å². The Hall–Kier alpha value is -0.840. The Kier molecular flexibility index (Phi) is 42.5. The molecule has 0 aromatic carbocycles. The van der Waals surface area contributed by atoms with Gasteiger partial charge in [-0.15, -0.1) is 0 Å². The third kappa shape index (κ3) is 27.6. The molecular weight excluding hydrogens is 873 g/mol. The smallest absolute Gasteiger partial charge is 0.0856 e. The van der Waals surface area contributed by atoms with Crippen LogP contribution in [0.15, 0.2) is 24.3 Å². The zero-order valence-electron chi connectivity index (χ0n) is 47.7. The summed E-state index contributed by atoms with van der Waals surface area (Å²) in [6.45, 7) is 12.1. The molecule has 3 rings (SSSR count). The van der Waals surface area contributed by atoms with Crippen LogP contribution in [0.5, 0.6) is 0 Å². The first-order chi connectivity index (χ1) is 34.5. The third-order valence-corrected chi connectivity index (χ3v) is 17.3. The highest BCUT2D eigenvalue weighted by Crippen LogP contribution is 2.59. The molecule has 0 aromatic heterocycles. The predicted octanol–water partition coefficient (Wildman–Crippen LogP) is 18.9. The third-order valence-electron chi connectivity index (χ3n) is 17.3. The number of hydrogen-bond donors (Lipinski definition) is 0. The highest BCUT2D eigenvalue weighted by Gasteiger charge is 2.52. The first kappa shape index (κ1) is 65.3. The van der Waals surface area contributed by atoms with Crippen molar-refractivity contribution in [3.05, 3.63) is 24.3 Å². The lowest BCUT2D eigenvalue weighted by molar-refractivity contribution is -0.293. The number of allylic oxidation sites excluding steroid dienone is 3. The molecule has 7 unspecified atom stereocenters. The van der Waals surface area contributed by atoms with Gasteiger partial charge in [-0.1, -0.05) is 219 Å². The quantitative estimate of drug-likeness (QED) is 0.0259. The molecule has 8 nitrogen and oxygen atoms in total. The van der Waals surface area contributed by atoms with Gasteiger partial charge in [0.25, 0.3) is 0 Å². The molecule has 8 heteroatoms. The molecule has 70 heavy (non-hydrogen) atoms. The van der Waals surface area contributed by atoms with E-state index in [0.717, 1.165) is 56.1 Å². The second-order valence-electron chi connectivity index (χ2n) is 22.1. The largest absolute Gasteiger partial charge is 0.240 e. The molecule has 3 aliphatic carbocycles. The van der Waals surface area contributed by atoms with E-state index >= 15 is 0 Å². The molecule has 414 valence electrons. The Morgan fingerprint density at radius 1 is 0.443 bits per heavy atom. The Balaban J connectivity index is 0.000000481. The van der Waals surface area contributed by atoms with Gasteiger partial charge >= 0.3 is 0 Å². The molecule has 0 bridgehead atoms. The van der Waals surface area contributed by atoms with Gasteiger partial charge in [-0.3, -0.25) is 0 Å². The summed E-state index contributed by atoms with van der Waals surface area (Å²) >= 11 is 0. The second-order valence-corrected chi connectivity index (χ2v) is 22.1. The molecule has 3 aliphatic rings. The predicted molar refractivity (Wildman–Crippen MR) is 294 cm³/mol. The molecule has 0 radical (unpaired) electrons. The van der Waals surface area contributed by atoms with Gasteiger partial charge in [-0.25, -0.2) is 39.1 Å². The normalized spacial score (nSPS) is 26.1. The summed E-state index contributed by atoms with van der Waals surface area (Å²) in [5.41, 5.74) is 0.366. The Morgan fingerprint density at radius 2 is 0.957 bits per heavy atom. The zero-order valence-corrected chi connectivity index (χ0v) is 47.7. The van der Waals surface area contributed by atoms with Crippen molar-refractivity contribution in [3.63, 3.8) is 0 Å². The SMILES string of the molecule is CCCCCCC1C=C[C@@H](CCCCCCCCOOC)C(C=CCCOOC)C1CCCCCC.CCCCCCC1CC[C@]2(CCCCCCC2COOC)C(CCOOC)C1CCCCCC. The van der Waals surface area contributed by atoms with Crippen LogP contribution in [0.25, 0.3) is 0 Å². The average Bonchev–Trinajstić information content (AvgIpc) is 3.36. The van der Waals surface area contributed by atoms with Crippen molar-refractivity contribution in [2.24, 2.45) is 52.8 Å². The van der Waals surface area contributed by atoms with E-state index in [1.54, 1.807) is 28.4 Å². The van der Waals surface area contributed by atoms with Gasteiger partial charge in [0.05, 0.1) is 54.9 Å². The summed E-state index contributed by atoms with van der Waals surface area (Å²) in [6.07, 6.45) is 59.6. The van der Waals surface area contributed by atoms with Crippen molar-refractivity contribution in [2.75, 3.05) is 54.9 Å². The van der Waals surface area contributed by atoms with Crippen LogP contribution in [-0.2, 0) is 39.1 Å². The van der Waals surface area contributed by atoms with Gasteiger partial charge in [0.1, 0.15) is 0 Å². The van der Waals surface area contributed by atoms with Gasteiger partial charge in [-0.2, -0.15) is 0 Å². The van der Waals surface area contributed by atoms with E-state index in [9.17, 15) is 0 Å². The maximum absolute atomic E-state index is 5.68. The summed E-state index contributed by atoms with van der Waals surface area (Å²) in [5, 5.41) is 0. The second kappa shape index (κ2) is 45.5. The maximum Gasteiger partial charge on any atom is 0.0856 e. The molecule has 0 aromatic rings. The molecule has 0 aliphatic heterocycles. The lowest BCUT2D eigenvalue weighted by Gasteiger charge is -2.56. The molecule has 2 fully saturated rings. The van der Waals surface area contributed by atoms with Crippen LogP contribution >= 0.6 is 0 Å². The summed E-state index contributed by atoms with van der Waals surface area (Å²) in [4.78, 5) is 41.0. The van der Waals surface area contributed by atoms with Crippen LogP contribution in [0.2, 0.25) is 0 Å². The lowest BCUT2D eigenvalue weighted by atomic mass is 9.49. The molecule has 1 spiro atoms. The number of unbranched alkanes of at least 4 members (excludes halogenated alkanes) is 17. The fourth-order valence-electron chi connectivity index (χ4n) is 13.6. The first-order valence-electron chi connectivity index (χ1n) is 30.5. The van der Waals surface area contributed by atoms with Crippen LogP contribution < -0.4 is 0 Å². The van der Waals surface area contributed by atoms with Gasteiger partial charge in [0, 0.05) is 0 Å². The highest BCUT2D eigenvalue weighted by atomic mass is 17.2. The van der Waals surface area contributed by atoms with Crippen molar-refractivity contribution in [1.82, 2.24) is 0 Å². The van der Waals surface area contributed by atoms with Crippen LogP contribution in [0.4, 0.5) is 0 Å². The minimum atomic E-state index is 0.366. The van der Waals surface area contributed by atoms with E-state index in [-0.39, 0.29) is 0 Å². The van der Waals surface area contributed by atoms with Gasteiger partial charge in [0.15, 0.2) is 0 Å². The van der Waals surface area contributed by atoms with Crippen molar-refractivity contribution in [3.8, 4) is 0 Å². The van der Waals surface area contributed by atoms with Crippen LogP contribution in [0.1, 0.15) is 265 Å². The van der Waals surface area contributed by atoms with Crippen LogP contribution in [0, 0.1) is 52.8 Å². The fraction of sp³-hybridized carbons (Fsp3) is 0.935. The summed E-state index contributed by atoms with van der Waals surface area (Å²) < 4.78 is 0. The Bertz CT molecular complexity index is 1180. The minimum absolute atomic E-state index is 0.366. The Morgan fingerprint density at radius 3 is 1.60 bits per heavy atom. The van der Waals surface area contributed by atoms with E-state index in [1.807, 2.05) is 0 Å². The molecule has 0 heterocycles. The summed E-state index contributed by atoms with van der Waals surface area (Å²) in [5.74, 6) is 5.89. The first-order valence-corrected chi connectivity index (χ1v) is 30.5. The molecule has 0 amide bonds. The summed E-state index contributed by atoms with van der Waals surface area (Å²) in [7, 11) is 6.50. The molecule has 9 atom stereocenters. The zero-order chi connectivity index (χ0) is 50.6. The standard InChI is InChI=1S/C32H60O4.C30H58O4/c1-5-7-9-15-21-29-25-26-30(22-16-13-11-12-14-19-27-35-33-3)32(24-18-20-28-36-34-4)31(29)23-17-10-8-6-2;1-5-7-9-13-17-26-20-23-30(22-16-12-11-14-18-27(30)25-34-32-4)29(21-24-33-31-3)28(26)19-15-10-8-6-2/h18,24-26,29-32H,5-17,19-23,27-28H2,1-4H3;26-29H,5-25H2,1-4H3/t29?,30-,31?,32?;26?,27?,28?,29?,30-/m10/s1. The van der Waals surface area contributed by atoms with Crippen molar-refractivity contribution in [1.29, 1.82) is 0 Å². The maximum atomic E-state index is 5.68. The van der Waals surface area contributed by atoms with Crippen molar-refractivity contribution < 1.29 is 39.1 Å². The monoisotopic (exact) mass is 991 g/mol. The van der Waals surface area contributed by atoms with E-state index in [4.69, 9.17) is 34.2 Å². The highest BCUT2D eigenvalue weighted by molar-refractivity contribution is 5.11. The molecular formula is C62H118O8. The Labute approximate surface area is 434 Å². The fourth-order valence-corrected chi connectivity index (χ4v) is 13.6. The van der Waals surface area contributed by atoms with Crippen molar-refractivity contribution >= 4 is 0 Å². The number of rotatable bonds is 42. The van der Waals surface area contributed by atoms with Crippen LogP contribution in [-0.4, -0.2) is 54.9 Å². The van der Waals surface area contributed by atoms with Crippen LogP contribution in [0.3, 0.4) is 0 Å². The van der Waals surface area contributed by atoms with E-state index in [1.165, 1.54) is 218 Å². The average molecular weight is 992 g/mol. The summed E-state index contributed by atoms with van der Waals surface area (Å²) in [6, 6.07) is 0. The van der Waals surface area contributed by atoms with Gasteiger partial charge < -0.3 is 0 Å². The minimum Gasteiger partial charge on any atom is -0.240 e. The van der Waals surface area contributed by atoms with Gasteiger partial charge in [-0.05, 0) is 123 Å². The molecule has 0 N–H and O–H groups in total.